The second-order valence-electron chi connectivity index (χ2n) is 6.06. The normalized spacial score (nSPS) is 21.7. The molecule has 1 fully saturated rings. The lowest BCUT2D eigenvalue weighted by atomic mass is 9.73. The predicted molar refractivity (Wildman–Crippen MR) is 80.3 cm³/mol. The van der Waals surface area contributed by atoms with Gasteiger partial charge in [0.15, 0.2) is 0 Å². The maximum absolute atomic E-state index is 12.0. The Hall–Kier alpha value is -1.07. The highest BCUT2D eigenvalue weighted by molar-refractivity contribution is 6.32. The highest BCUT2D eigenvalue weighted by Crippen LogP contribution is 2.37. The van der Waals surface area contributed by atoms with Crippen molar-refractivity contribution in [3.8, 4) is 0 Å². The van der Waals surface area contributed by atoms with E-state index in [2.05, 4.69) is 24.3 Å². The molecule has 0 bridgehead atoms. The molecular weight excluding hydrogens is 278 g/mol. The molecule has 0 aliphatic heterocycles. The largest absolute Gasteiger partial charge is 0.394 e. The second-order valence-corrected chi connectivity index (χ2v) is 6.43. The van der Waals surface area contributed by atoms with Crippen molar-refractivity contribution in [2.75, 3.05) is 11.9 Å². The Labute approximate surface area is 124 Å². The van der Waals surface area contributed by atoms with Gasteiger partial charge in [-0.1, -0.05) is 38.3 Å². The molecule has 1 aliphatic carbocycles. The minimum Gasteiger partial charge on any atom is -0.394 e. The monoisotopic (exact) mass is 299 g/mol. The summed E-state index contributed by atoms with van der Waals surface area (Å²) in [6.07, 6.45) is 6.24. The first-order valence-corrected chi connectivity index (χ1v) is 7.46. The van der Waals surface area contributed by atoms with Gasteiger partial charge in [0, 0.05) is 6.04 Å². The minimum absolute atomic E-state index is 0.133. The first kappa shape index (κ1) is 15.3. The molecule has 1 aromatic heterocycles. The molecule has 20 heavy (non-hydrogen) atoms. The van der Waals surface area contributed by atoms with E-state index in [9.17, 15) is 4.79 Å². The van der Waals surface area contributed by atoms with E-state index < -0.39 is 0 Å². The third-order valence-corrected chi connectivity index (χ3v) is 4.50. The summed E-state index contributed by atoms with van der Waals surface area (Å²) in [6, 6.07) is 0.295. The Morgan fingerprint density at radius 2 is 2.30 bits per heavy atom. The van der Waals surface area contributed by atoms with Crippen molar-refractivity contribution >= 4 is 17.3 Å². The zero-order valence-corrected chi connectivity index (χ0v) is 12.8. The van der Waals surface area contributed by atoms with Gasteiger partial charge in [-0.15, -0.1) is 0 Å². The van der Waals surface area contributed by atoms with Crippen LogP contribution in [-0.2, 0) is 6.54 Å². The van der Waals surface area contributed by atoms with Crippen molar-refractivity contribution in [1.29, 1.82) is 0 Å². The molecule has 2 rings (SSSR count). The molecule has 1 heterocycles. The Morgan fingerprint density at radius 3 is 2.95 bits per heavy atom. The van der Waals surface area contributed by atoms with Crippen molar-refractivity contribution in [2.24, 2.45) is 5.41 Å². The van der Waals surface area contributed by atoms with Crippen LogP contribution in [0.3, 0.4) is 0 Å². The van der Waals surface area contributed by atoms with Gasteiger partial charge in [-0.05, 0) is 18.3 Å². The fourth-order valence-electron chi connectivity index (χ4n) is 2.77. The summed E-state index contributed by atoms with van der Waals surface area (Å²) in [5.74, 6) is 0. The lowest BCUT2D eigenvalue weighted by Gasteiger charge is -2.39. The van der Waals surface area contributed by atoms with Gasteiger partial charge in [0.2, 0.25) is 0 Å². The number of hydrogen-bond donors (Lipinski definition) is 2. The molecule has 0 radical (unpaired) electrons. The summed E-state index contributed by atoms with van der Waals surface area (Å²) in [4.78, 5) is 12.0. The van der Waals surface area contributed by atoms with Crippen LogP contribution in [0.2, 0.25) is 5.02 Å². The van der Waals surface area contributed by atoms with Crippen LogP contribution < -0.4 is 10.9 Å². The van der Waals surface area contributed by atoms with Crippen LogP contribution in [0.15, 0.2) is 11.0 Å². The molecule has 1 atom stereocenters. The number of nitrogens with zero attached hydrogens (tertiary/aromatic N) is 2. The third-order valence-electron chi connectivity index (χ3n) is 4.13. The fourth-order valence-corrected chi connectivity index (χ4v) is 2.97. The van der Waals surface area contributed by atoms with Crippen molar-refractivity contribution < 1.29 is 5.11 Å². The maximum atomic E-state index is 12.0. The van der Waals surface area contributed by atoms with Gasteiger partial charge in [0.1, 0.15) is 5.02 Å². The maximum Gasteiger partial charge on any atom is 0.287 e. The lowest BCUT2D eigenvalue weighted by molar-refractivity contribution is 0.217. The molecule has 0 amide bonds. The van der Waals surface area contributed by atoms with Crippen LogP contribution in [0, 0.1) is 5.41 Å². The molecule has 1 aliphatic rings. The summed E-state index contributed by atoms with van der Waals surface area (Å²) in [7, 11) is 0. The Bertz CT molecular complexity index is 528. The molecule has 5 nitrogen and oxygen atoms in total. The van der Waals surface area contributed by atoms with Crippen molar-refractivity contribution in [1.82, 2.24) is 9.78 Å². The lowest BCUT2D eigenvalue weighted by Crippen LogP contribution is -2.39. The molecule has 2 N–H and O–H groups in total. The molecular formula is C14H22ClN3O2. The summed E-state index contributed by atoms with van der Waals surface area (Å²) < 4.78 is 1.18. The van der Waals surface area contributed by atoms with Gasteiger partial charge in [-0.3, -0.25) is 4.79 Å². The van der Waals surface area contributed by atoms with Crippen LogP contribution >= 0.6 is 11.6 Å². The van der Waals surface area contributed by atoms with E-state index in [1.54, 1.807) is 6.20 Å². The van der Waals surface area contributed by atoms with Crippen LogP contribution in [0.4, 0.5) is 5.69 Å². The number of halogens is 1. The molecule has 112 valence electrons. The Morgan fingerprint density at radius 1 is 1.55 bits per heavy atom. The molecule has 6 heteroatoms. The van der Waals surface area contributed by atoms with E-state index in [0.29, 0.717) is 11.7 Å². The zero-order valence-electron chi connectivity index (χ0n) is 12.0. The SMILES string of the molecule is CC1(C)CCCCC1Nc1cnn(CCO)c(=O)c1Cl. The fraction of sp³-hybridized carbons (Fsp3) is 0.714. The average Bonchev–Trinajstić information content (AvgIpc) is 2.40. The molecule has 0 spiro atoms. The summed E-state index contributed by atoms with van der Waals surface area (Å²) >= 11 is 6.13. The average molecular weight is 300 g/mol. The first-order valence-electron chi connectivity index (χ1n) is 7.09. The molecule has 1 unspecified atom stereocenters. The number of anilines is 1. The van der Waals surface area contributed by atoms with Crippen molar-refractivity contribution in [3.05, 3.63) is 21.6 Å². The minimum atomic E-state index is -0.362. The summed E-state index contributed by atoms with van der Waals surface area (Å²) in [5.41, 5.74) is 0.409. The highest BCUT2D eigenvalue weighted by atomic mass is 35.5. The second kappa shape index (κ2) is 6.14. The van der Waals surface area contributed by atoms with Gasteiger partial charge in [0.05, 0.1) is 25.0 Å². The molecule has 1 aromatic rings. The Kier molecular flexibility index (Phi) is 4.70. The first-order chi connectivity index (χ1) is 9.45. The van der Waals surface area contributed by atoms with E-state index in [4.69, 9.17) is 16.7 Å². The van der Waals surface area contributed by atoms with E-state index in [-0.39, 0.29) is 29.1 Å². The number of aliphatic hydroxyl groups excluding tert-OH is 1. The van der Waals surface area contributed by atoms with Crippen LogP contribution in [0.5, 0.6) is 0 Å². The number of aliphatic hydroxyl groups is 1. The predicted octanol–water partition coefficient (Wildman–Crippen LogP) is 2.27. The highest BCUT2D eigenvalue weighted by Gasteiger charge is 2.32. The van der Waals surface area contributed by atoms with Crippen LogP contribution in [-0.4, -0.2) is 27.5 Å². The van der Waals surface area contributed by atoms with Crippen LogP contribution in [0.1, 0.15) is 39.5 Å². The molecule has 0 saturated heterocycles. The number of nitrogens with one attached hydrogen (secondary N) is 1. The molecule has 0 aromatic carbocycles. The van der Waals surface area contributed by atoms with Crippen LogP contribution in [0.25, 0.3) is 0 Å². The third kappa shape index (κ3) is 3.15. The summed E-state index contributed by atoms with van der Waals surface area (Å²) in [6.45, 7) is 4.50. The van der Waals surface area contributed by atoms with Gasteiger partial charge >= 0.3 is 0 Å². The van der Waals surface area contributed by atoms with E-state index >= 15 is 0 Å². The smallest absolute Gasteiger partial charge is 0.287 e. The number of rotatable bonds is 4. The van der Waals surface area contributed by atoms with E-state index in [1.807, 2.05) is 0 Å². The van der Waals surface area contributed by atoms with Gasteiger partial charge in [-0.25, -0.2) is 4.68 Å². The number of aromatic nitrogens is 2. The van der Waals surface area contributed by atoms with Crippen molar-refractivity contribution in [3.63, 3.8) is 0 Å². The van der Waals surface area contributed by atoms with Gasteiger partial charge in [0.25, 0.3) is 5.56 Å². The number of hydrogen-bond acceptors (Lipinski definition) is 4. The van der Waals surface area contributed by atoms with E-state index in [1.165, 1.54) is 17.5 Å². The van der Waals surface area contributed by atoms with E-state index in [0.717, 1.165) is 12.8 Å². The zero-order chi connectivity index (χ0) is 14.8. The quantitative estimate of drug-likeness (QED) is 0.895. The van der Waals surface area contributed by atoms with Gasteiger partial charge < -0.3 is 10.4 Å². The summed E-state index contributed by atoms with van der Waals surface area (Å²) in [5, 5.41) is 16.4. The molecule has 1 saturated carbocycles. The topological polar surface area (TPSA) is 67.2 Å². The standard InChI is InChI=1S/C14H22ClN3O2/c1-14(2)6-4-3-5-11(14)17-10-9-16-18(7-8-19)13(20)12(10)15/h9,11,17,19H,3-8H2,1-2H3. The van der Waals surface area contributed by atoms with Gasteiger partial charge in [-0.2, -0.15) is 5.10 Å². The Balaban J connectivity index is 2.21. The van der Waals surface area contributed by atoms with Crippen molar-refractivity contribution in [2.45, 2.75) is 52.1 Å².